The summed E-state index contributed by atoms with van der Waals surface area (Å²) in [6.45, 7) is 3.95. The third-order valence-corrected chi connectivity index (χ3v) is 5.23. The van der Waals surface area contributed by atoms with E-state index in [4.69, 9.17) is 22.1 Å². The Hall–Kier alpha value is -2.64. The van der Waals surface area contributed by atoms with Gasteiger partial charge in [0.15, 0.2) is 16.7 Å². The number of hydrogen-bond acceptors (Lipinski definition) is 9. The molecule has 6 N–H and O–H groups in total. The summed E-state index contributed by atoms with van der Waals surface area (Å²) in [5.41, 5.74) is 5.54. The molecule has 0 aliphatic heterocycles. The van der Waals surface area contributed by atoms with E-state index in [1.54, 1.807) is 19.1 Å². The zero-order chi connectivity index (χ0) is 21.9. The summed E-state index contributed by atoms with van der Waals surface area (Å²) in [6, 6.07) is 3.49. The van der Waals surface area contributed by atoms with Crippen molar-refractivity contribution in [1.29, 1.82) is 0 Å². The Balaban J connectivity index is 1.95. The fraction of sp³-hybridized carbons (Fsp3) is 0.450. The van der Waals surface area contributed by atoms with E-state index < -0.39 is 17.7 Å². The maximum absolute atomic E-state index is 10.8. The maximum atomic E-state index is 10.8. The maximum Gasteiger partial charge on any atom is 0.223 e. The minimum Gasteiger partial charge on any atom is -0.478 e. The van der Waals surface area contributed by atoms with Crippen LogP contribution in [-0.2, 0) is 0 Å². The number of halogens is 1. The topological polar surface area (TPSA) is 147 Å². The predicted octanol–water partition coefficient (Wildman–Crippen LogP) is 1.08. The highest BCUT2D eigenvalue weighted by Gasteiger charge is 2.47. The molecule has 2 aromatic rings. The molecule has 30 heavy (non-hydrogen) atoms. The molecule has 1 aliphatic rings. The zero-order valence-corrected chi connectivity index (χ0v) is 17.4. The second-order valence-corrected chi connectivity index (χ2v) is 7.40. The molecule has 0 unspecified atom stereocenters. The predicted molar refractivity (Wildman–Crippen MR) is 112 cm³/mol. The number of aryl methyl sites for hydroxylation is 1. The molecule has 1 aliphatic carbocycles. The second-order valence-electron chi connectivity index (χ2n) is 7.04. The average Bonchev–Trinajstić information content (AvgIpc) is 2.96. The van der Waals surface area contributed by atoms with Gasteiger partial charge in [0, 0.05) is 24.2 Å². The molecule has 2 aromatic heterocycles. The van der Waals surface area contributed by atoms with Crippen LogP contribution in [0, 0.1) is 24.7 Å². The monoisotopic (exact) mass is 433 g/mol. The number of anilines is 2. The number of nitrogens with two attached hydrogens (primary N) is 1. The van der Waals surface area contributed by atoms with Gasteiger partial charge in [-0.15, -0.1) is 0 Å². The lowest BCUT2D eigenvalue weighted by Crippen LogP contribution is -2.48. The molecule has 0 spiro atoms. The second kappa shape index (κ2) is 9.02. The van der Waals surface area contributed by atoms with E-state index in [9.17, 15) is 15.3 Å². The van der Waals surface area contributed by atoms with Crippen molar-refractivity contribution in [2.45, 2.75) is 38.5 Å². The number of nitrogens with one attached hydrogen (secondary N) is 1. The Bertz CT molecular complexity index is 993. The molecule has 1 saturated carbocycles. The molecule has 1 fully saturated rings. The molecule has 10 heteroatoms. The molecule has 3 rings (SSSR count). The SMILES string of the molecule is CCOc1ccc(C#Cc2c(Cl)nc(N)nc2N[C@@]2(O)CC[C@H](CO)[C@H]2O)c(C)n1. The highest BCUT2D eigenvalue weighted by Crippen LogP contribution is 2.36. The number of ether oxygens (including phenoxy) is 1. The van der Waals surface area contributed by atoms with Crippen LogP contribution in [-0.4, -0.2) is 55.3 Å². The van der Waals surface area contributed by atoms with Crippen molar-refractivity contribution >= 4 is 23.4 Å². The number of aliphatic hydroxyl groups excluding tert-OH is 2. The summed E-state index contributed by atoms with van der Waals surface area (Å²) in [4.78, 5) is 12.4. The quantitative estimate of drug-likeness (QED) is 0.265. The Kier molecular flexibility index (Phi) is 6.63. The van der Waals surface area contributed by atoms with E-state index in [2.05, 4.69) is 32.1 Å². The van der Waals surface area contributed by atoms with Gasteiger partial charge in [0.25, 0.3) is 0 Å². The standard InChI is InChI=1S/C20H24ClN5O4/c1-3-30-15-7-5-12(11(2)23-15)4-6-14-17(21)24-19(22)25-18(14)26-20(29)9-8-13(10-27)16(20)28/h5,7,13,16,27-29H,3,8-10H2,1-2H3,(H3,22,24,25,26)/t13-,16-,20-/m1/s1. The van der Waals surface area contributed by atoms with Crippen LogP contribution < -0.4 is 15.8 Å². The van der Waals surface area contributed by atoms with Gasteiger partial charge in [-0.1, -0.05) is 23.4 Å². The third-order valence-electron chi connectivity index (χ3n) is 4.96. The van der Waals surface area contributed by atoms with E-state index in [1.165, 1.54) is 0 Å². The smallest absolute Gasteiger partial charge is 0.223 e. The first-order valence-corrected chi connectivity index (χ1v) is 9.90. The first-order chi connectivity index (χ1) is 14.3. The van der Waals surface area contributed by atoms with E-state index in [1.807, 2.05) is 6.92 Å². The number of nitrogen functional groups attached to an aromatic ring is 1. The van der Waals surface area contributed by atoms with Crippen LogP contribution in [0.1, 0.15) is 36.6 Å². The lowest BCUT2D eigenvalue weighted by atomic mass is 10.0. The molecule has 9 nitrogen and oxygen atoms in total. The van der Waals surface area contributed by atoms with E-state index in [-0.39, 0.29) is 35.5 Å². The first-order valence-electron chi connectivity index (χ1n) is 9.52. The van der Waals surface area contributed by atoms with Crippen molar-refractivity contribution in [3.63, 3.8) is 0 Å². The van der Waals surface area contributed by atoms with Crippen molar-refractivity contribution in [3.05, 3.63) is 34.1 Å². The molecule has 0 bridgehead atoms. The minimum atomic E-state index is -1.70. The van der Waals surface area contributed by atoms with Crippen LogP contribution in [0.15, 0.2) is 12.1 Å². The molecular formula is C20H24ClN5O4. The van der Waals surface area contributed by atoms with Crippen LogP contribution in [0.25, 0.3) is 0 Å². The van der Waals surface area contributed by atoms with Crippen LogP contribution >= 0.6 is 11.6 Å². The van der Waals surface area contributed by atoms with Gasteiger partial charge in [-0.2, -0.15) is 9.97 Å². The summed E-state index contributed by atoms with van der Waals surface area (Å²) in [7, 11) is 0. The largest absolute Gasteiger partial charge is 0.478 e. The summed E-state index contributed by atoms with van der Waals surface area (Å²) in [5, 5.41) is 33.4. The van der Waals surface area contributed by atoms with Gasteiger partial charge in [-0.25, -0.2) is 4.98 Å². The number of aliphatic hydroxyl groups is 3. The molecule has 0 aromatic carbocycles. The summed E-state index contributed by atoms with van der Waals surface area (Å²) < 4.78 is 5.38. The summed E-state index contributed by atoms with van der Waals surface area (Å²) in [6.07, 6.45) is -0.556. The summed E-state index contributed by atoms with van der Waals surface area (Å²) in [5.74, 6) is 5.91. The fourth-order valence-electron chi connectivity index (χ4n) is 3.31. The van der Waals surface area contributed by atoms with Gasteiger partial charge in [0.2, 0.25) is 11.8 Å². The number of rotatable bonds is 5. The molecule has 3 atom stereocenters. The van der Waals surface area contributed by atoms with Crippen molar-refractivity contribution < 1.29 is 20.1 Å². The molecule has 0 radical (unpaired) electrons. The Morgan fingerprint density at radius 2 is 2.10 bits per heavy atom. The Labute approximate surface area is 179 Å². The number of pyridine rings is 1. The van der Waals surface area contributed by atoms with Gasteiger partial charge in [0.05, 0.1) is 12.3 Å². The lowest BCUT2D eigenvalue weighted by molar-refractivity contribution is -0.0545. The van der Waals surface area contributed by atoms with E-state index in [0.717, 1.165) is 0 Å². The van der Waals surface area contributed by atoms with Crippen LogP contribution in [0.3, 0.4) is 0 Å². The molecule has 0 amide bonds. The van der Waals surface area contributed by atoms with Crippen molar-refractivity contribution in [1.82, 2.24) is 15.0 Å². The molecular weight excluding hydrogens is 410 g/mol. The van der Waals surface area contributed by atoms with Gasteiger partial charge >= 0.3 is 0 Å². The van der Waals surface area contributed by atoms with Gasteiger partial charge in [-0.05, 0) is 32.8 Å². The highest BCUT2D eigenvalue weighted by molar-refractivity contribution is 6.31. The fourth-order valence-corrected chi connectivity index (χ4v) is 3.54. The Morgan fingerprint density at radius 1 is 1.33 bits per heavy atom. The van der Waals surface area contributed by atoms with Crippen molar-refractivity contribution in [2.24, 2.45) is 5.92 Å². The normalized spacial score (nSPS) is 23.0. The van der Waals surface area contributed by atoms with Gasteiger partial charge < -0.3 is 31.1 Å². The van der Waals surface area contributed by atoms with Crippen molar-refractivity contribution in [3.8, 4) is 17.7 Å². The number of aromatic nitrogens is 3. The summed E-state index contributed by atoms with van der Waals surface area (Å²) >= 11 is 6.24. The van der Waals surface area contributed by atoms with E-state index in [0.29, 0.717) is 30.2 Å². The van der Waals surface area contributed by atoms with Gasteiger partial charge in [-0.3, -0.25) is 0 Å². The Morgan fingerprint density at radius 3 is 2.73 bits per heavy atom. The third kappa shape index (κ3) is 4.57. The van der Waals surface area contributed by atoms with Gasteiger partial charge in [0.1, 0.15) is 11.7 Å². The molecule has 160 valence electrons. The molecule has 0 saturated heterocycles. The average molecular weight is 434 g/mol. The van der Waals surface area contributed by atoms with Crippen LogP contribution in [0.5, 0.6) is 5.88 Å². The van der Waals surface area contributed by atoms with Crippen LogP contribution in [0.2, 0.25) is 5.15 Å². The first kappa shape index (κ1) is 22.1. The van der Waals surface area contributed by atoms with Crippen molar-refractivity contribution in [2.75, 3.05) is 24.3 Å². The number of hydrogen-bond donors (Lipinski definition) is 5. The zero-order valence-electron chi connectivity index (χ0n) is 16.7. The van der Waals surface area contributed by atoms with Crippen LogP contribution in [0.4, 0.5) is 11.8 Å². The van der Waals surface area contributed by atoms with E-state index >= 15 is 0 Å². The lowest BCUT2D eigenvalue weighted by Gasteiger charge is -2.30. The highest BCUT2D eigenvalue weighted by atomic mass is 35.5. The number of nitrogens with zero attached hydrogens (tertiary/aromatic N) is 3. The molecule has 2 heterocycles. The minimum absolute atomic E-state index is 0.00356.